The summed E-state index contributed by atoms with van der Waals surface area (Å²) < 4.78 is 0. The van der Waals surface area contributed by atoms with Gasteiger partial charge in [-0.1, -0.05) is 33.8 Å². The minimum absolute atomic E-state index is 0.487. The molecule has 0 heteroatoms. The minimum Gasteiger partial charge on any atom is -0.103 e. The third kappa shape index (κ3) is 1.32. The van der Waals surface area contributed by atoms with Crippen LogP contribution in [0.1, 0.15) is 47.0 Å². The van der Waals surface area contributed by atoms with Gasteiger partial charge in [-0.15, -0.1) is 6.58 Å². The standard InChI is InChI=1S/C12H22/c1-6-7-10-8-9-11(2,3)12(10,4)5/h6,10H,1,7-9H2,2-5H3. The highest BCUT2D eigenvalue weighted by Crippen LogP contribution is 2.56. The van der Waals surface area contributed by atoms with Crippen molar-refractivity contribution in [2.75, 3.05) is 0 Å². The third-order valence-corrected chi connectivity index (χ3v) is 4.33. The maximum Gasteiger partial charge on any atom is -0.0272 e. The lowest BCUT2D eigenvalue weighted by Crippen LogP contribution is -2.31. The molecule has 1 saturated carbocycles. The van der Waals surface area contributed by atoms with Crippen LogP contribution in [0.25, 0.3) is 0 Å². The first-order valence-corrected chi connectivity index (χ1v) is 5.03. The van der Waals surface area contributed by atoms with Crippen molar-refractivity contribution in [3.63, 3.8) is 0 Å². The zero-order valence-electron chi connectivity index (χ0n) is 8.98. The van der Waals surface area contributed by atoms with Crippen molar-refractivity contribution in [1.29, 1.82) is 0 Å². The molecule has 1 fully saturated rings. The van der Waals surface area contributed by atoms with Crippen molar-refractivity contribution in [2.24, 2.45) is 16.7 Å². The van der Waals surface area contributed by atoms with Gasteiger partial charge in [-0.3, -0.25) is 0 Å². The Morgan fingerprint density at radius 1 is 1.33 bits per heavy atom. The molecule has 1 aliphatic carbocycles. The highest BCUT2D eigenvalue weighted by molar-refractivity contribution is 4.99. The topological polar surface area (TPSA) is 0 Å². The molecule has 1 aliphatic rings. The molecule has 1 rings (SSSR count). The van der Waals surface area contributed by atoms with E-state index in [0.717, 1.165) is 5.92 Å². The third-order valence-electron chi connectivity index (χ3n) is 4.33. The predicted molar refractivity (Wildman–Crippen MR) is 55.1 cm³/mol. The number of rotatable bonds is 2. The highest BCUT2D eigenvalue weighted by atomic mass is 14.5. The monoisotopic (exact) mass is 166 g/mol. The fraction of sp³-hybridized carbons (Fsp3) is 0.833. The van der Waals surface area contributed by atoms with Crippen LogP contribution in [0.4, 0.5) is 0 Å². The van der Waals surface area contributed by atoms with Crippen LogP contribution in [0.3, 0.4) is 0 Å². The Bertz CT molecular complexity index is 174. The summed E-state index contributed by atoms with van der Waals surface area (Å²) in [6.45, 7) is 13.5. The summed E-state index contributed by atoms with van der Waals surface area (Å²) in [5, 5.41) is 0. The van der Waals surface area contributed by atoms with E-state index < -0.39 is 0 Å². The van der Waals surface area contributed by atoms with Crippen LogP contribution in [0.2, 0.25) is 0 Å². The second-order valence-corrected chi connectivity index (χ2v) is 5.37. The van der Waals surface area contributed by atoms with E-state index in [2.05, 4.69) is 40.3 Å². The summed E-state index contributed by atoms with van der Waals surface area (Å²) in [7, 11) is 0. The molecule has 0 nitrogen and oxygen atoms in total. The Morgan fingerprint density at radius 2 is 1.92 bits per heavy atom. The molecule has 0 amide bonds. The largest absolute Gasteiger partial charge is 0.103 e. The average Bonchev–Trinajstić information content (AvgIpc) is 2.13. The van der Waals surface area contributed by atoms with Crippen molar-refractivity contribution in [1.82, 2.24) is 0 Å². The Balaban J connectivity index is 2.77. The molecule has 0 aromatic heterocycles. The van der Waals surface area contributed by atoms with Crippen molar-refractivity contribution in [3.8, 4) is 0 Å². The van der Waals surface area contributed by atoms with Crippen molar-refractivity contribution >= 4 is 0 Å². The number of hydrogen-bond donors (Lipinski definition) is 0. The van der Waals surface area contributed by atoms with E-state index in [4.69, 9.17) is 0 Å². The van der Waals surface area contributed by atoms with Crippen LogP contribution < -0.4 is 0 Å². The average molecular weight is 166 g/mol. The summed E-state index contributed by atoms with van der Waals surface area (Å²) in [6, 6.07) is 0. The van der Waals surface area contributed by atoms with E-state index in [-0.39, 0.29) is 0 Å². The van der Waals surface area contributed by atoms with Crippen LogP contribution in [-0.4, -0.2) is 0 Å². The normalized spacial score (nSPS) is 31.8. The van der Waals surface area contributed by atoms with Gasteiger partial charge < -0.3 is 0 Å². The molecule has 12 heavy (non-hydrogen) atoms. The number of allylic oxidation sites excluding steroid dienone is 1. The maximum absolute atomic E-state index is 3.84. The Hall–Kier alpha value is -0.260. The van der Waals surface area contributed by atoms with E-state index in [1.165, 1.54) is 19.3 Å². The van der Waals surface area contributed by atoms with Crippen molar-refractivity contribution in [3.05, 3.63) is 12.7 Å². The SMILES string of the molecule is C=CCC1CCC(C)(C)C1(C)C. The van der Waals surface area contributed by atoms with Crippen molar-refractivity contribution in [2.45, 2.75) is 47.0 Å². The molecule has 0 aromatic carbocycles. The van der Waals surface area contributed by atoms with Crippen LogP contribution in [0.5, 0.6) is 0 Å². The van der Waals surface area contributed by atoms with E-state index in [9.17, 15) is 0 Å². The van der Waals surface area contributed by atoms with Crippen molar-refractivity contribution < 1.29 is 0 Å². The summed E-state index contributed by atoms with van der Waals surface area (Å²) in [4.78, 5) is 0. The minimum atomic E-state index is 0.487. The van der Waals surface area contributed by atoms with Gasteiger partial charge in [-0.2, -0.15) is 0 Å². The van der Waals surface area contributed by atoms with Gasteiger partial charge in [-0.25, -0.2) is 0 Å². The van der Waals surface area contributed by atoms with Gasteiger partial charge in [0.05, 0.1) is 0 Å². The molecule has 70 valence electrons. The predicted octanol–water partition coefficient (Wildman–Crippen LogP) is 4.02. The molecule has 0 N–H and O–H groups in total. The Kier molecular flexibility index (Phi) is 2.38. The summed E-state index contributed by atoms with van der Waals surface area (Å²) in [6.07, 6.45) is 6.02. The molecular weight excluding hydrogens is 144 g/mol. The first-order valence-electron chi connectivity index (χ1n) is 5.03. The van der Waals surface area contributed by atoms with Gasteiger partial charge in [0.1, 0.15) is 0 Å². The fourth-order valence-corrected chi connectivity index (χ4v) is 2.38. The van der Waals surface area contributed by atoms with E-state index in [1.54, 1.807) is 0 Å². The smallest absolute Gasteiger partial charge is 0.0272 e. The number of hydrogen-bond acceptors (Lipinski definition) is 0. The first-order chi connectivity index (χ1) is 5.42. The quantitative estimate of drug-likeness (QED) is 0.543. The Labute approximate surface area is 77.1 Å². The zero-order chi connectivity index (χ0) is 9.41. The van der Waals surface area contributed by atoms with Crippen LogP contribution in [0.15, 0.2) is 12.7 Å². The lowest BCUT2D eigenvalue weighted by Gasteiger charge is -2.39. The lowest BCUT2D eigenvalue weighted by atomic mass is 9.66. The van der Waals surface area contributed by atoms with Gasteiger partial charge in [0, 0.05) is 0 Å². The Morgan fingerprint density at radius 3 is 2.25 bits per heavy atom. The van der Waals surface area contributed by atoms with Crippen LogP contribution in [-0.2, 0) is 0 Å². The second-order valence-electron chi connectivity index (χ2n) is 5.37. The lowest BCUT2D eigenvalue weighted by molar-refractivity contribution is 0.109. The summed E-state index contributed by atoms with van der Waals surface area (Å²) in [5.74, 6) is 0.852. The highest BCUT2D eigenvalue weighted by Gasteiger charge is 2.47. The van der Waals surface area contributed by atoms with Gasteiger partial charge in [0.25, 0.3) is 0 Å². The van der Waals surface area contributed by atoms with E-state index >= 15 is 0 Å². The molecule has 1 atom stereocenters. The summed E-state index contributed by atoms with van der Waals surface area (Å²) >= 11 is 0. The molecule has 0 aliphatic heterocycles. The van der Waals surface area contributed by atoms with E-state index in [0.29, 0.717) is 10.8 Å². The van der Waals surface area contributed by atoms with Crippen LogP contribution in [0, 0.1) is 16.7 Å². The van der Waals surface area contributed by atoms with Gasteiger partial charge in [-0.05, 0) is 36.0 Å². The summed E-state index contributed by atoms with van der Waals surface area (Å²) in [5.41, 5.74) is 1.00. The maximum atomic E-state index is 3.84. The van der Waals surface area contributed by atoms with Gasteiger partial charge in [0.15, 0.2) is 0 Å². The molecule has 0 heterocycles. The first kappa shape index (κ1) is 9.83. The molecule has 0 bridgehead atoms. The molecule has 1 unspecified atom stereocenters. The zero-order valence-corrected chi connectivity index (χ0v) is 8.98. The van der Waals surface area contributed by atoms with E-state index in [1.807, 2.05) is 0 Å². The fourth-order valence-electron chi connectivity index (χ4n) is 2.38. The van der Waals surface area contributed by atoms with Crippen LogP contribution >= 0.6 is 0 Å². The molecule has 0 aromatic rings. The molecule has 0 radical (unpaired) electrons. The molecule has 0 spiro atoms. The van der Waals surface area contributed by atoms with Gasteiger partial charge >= 0.3 is 0 Å². The molecule has 0 saturated heterocycles. The van der Waals surface area contributed by atoms with Gasteiger partial charge in [0.2, 0.25) is 0 Å². The molecular formula is C12H22. The second kappa shape index (κ2) is 2.90.